The molecule has 0 unspecified atom stereocenters. The van der Waals surface area contributed by atoms with Gasteiger partial charge in [0.05, 0.1) is 21.4 Å². The highest BCUT2D eigenvalue weighted by molar-refractivity contribution is 7.22. The molecule has 0 aliphatic heterocycles. The lowest BCUT2D eigenvalue weighted by molar-refractivity contribution is -0.116. The molecule has 102 valence electrons. The predicted molar refractivity (Wildman–Crippen MR) is 80.2 cm³/mol. The molecule has 1 N–H and O–H groups in total. The molecule has 0 aliphatic rings. The van der Waals surface area contributed by atoms with Crippen molar-refractivity contribution in [3.8, 4) is 0 Å². The molecule has 3 aromatic rings. The van der Waals surface area contributed by atoms with E-state index in [1.54, 1.807) is 6.20 Å². The van der Waals surface area contributed by atoms with Gasteiger partial charge in [0.15, 0.2) is 5.13 Å². The number of benzene rings is 1. The highest BCUT2D eigenvalue weighted by atomic mass is 35.5. The molecule has 1 aromatic carbocycles. The molecule has 0 radical (unpaired) electrons. The Labute approximate surface area is 124 Å². The minimum Gasteiger partial charge on any atom is -0.300 e. The largest absolute Gasteiger partial charge is 0.300 e. The van der Waals surface area contributed by atoms with Crippen molar-refractivity contribution >= 4 is 44.2 Å². The van der Waals surface area contributed by atoms with Crippen LogP contribution >= 0.6 is 22.9 Å². The predicted octanol–water partition coefficient (Wildman–Crippen LogP) is 3.09. The van der Waals surface area contributed by atoms with Gasteiger partial charge in [-0.2, -0.15) is 5.10 Å². The molecule has 0 saturated carbocycles. The summed E-state index contributed by atoms with van der Waals surface area (Å²) in [4.78, 5) is 16.3. The van der Waals surface area contributed by atoms with Crippen molar-refractivity contribution in [3.63, 3.8) is 0 Å². The standard InChI is InChI=1S/C13H11ClN4OS/c1-8-2-3-10-11(4-8)20-13(16-10)17-12(19)7-18-6-9(14)5-15-18/h2-6H,7H2,1H3,(H,16,17,19). The molecule has 0 fully saturated rings. The molecule has 5 nitrogen and oxygen atoms in total. The maximum absolute atomic E-state index is 11.9. The molecule has 1 amide bonds. The average molecular weight is 307 g/mol. The van der Waals surface area contributed by atoms with Gasteiger partial charge < -0.3 is 5.32 Å². The highest BCUT2D eigenvalue weighted by Gasteiger charge is 2.09. The Morgan fingerprint density at radius 1 is 1.50 bits per heavy atom. The number of rotatable bonds is 3. The number of nitrogens with zero attached hydrogens (tertiary/aromatic N) is 3. The van der Waals surface area contributed by atoms with Crippen molar-refractivity contribution in [2.24, 2.45) is 0 Å². The van der Waals surface area contributed by atoms with E-state index in [1.165, 1.54) is 27.8 Å². The summed E-state index contributed by atoms with van der Waals surface area (Å²) in [7, 11) is 0. The third-order valence-electron chi connectivity index (χ3n) is 2.70. The van der Waals surface area contributed by atoms with Crippen LogP contribution in [-0.4, -0.2) is 20.7 Å². The molecular weight excluding hydrogens is 296 g/mol. The third-order valence-corrected chi connectivity index (χ3v) is 3.83. The van der Waals surface area contributed by atoms with Gasteiger partial charge in [0.1, 0.15) is 6.54 Å². The minimum absolute atomic E-state index is 0.113. The quantitative estimate of drug-likeness (QED) is 0.809. The Morgan fingerprint density at radius 3 is 3.10 bits per heavy atom. The zero-order chi connectivity index (χ0) is 14.1. The number of nitrogens with one attached hydrogen (secondary N) is 1. The number of carbonyl (C=O) groups is 1. The molecule has 3 rings (SSSR count). The van der Waals surface area contributed by atoms with Crippen molar-refractivity contribution < 1.29 is 4.79 Å². The van der Waals surface area contributed by atoms with Gasteiger partial charge in [0, 0.05) is 6.20 Å². The highest BCUT2D eigenvalue weighted by Crippen LogP contribution is 2.26. The first-order valence-corrected chi connectivity index (χ1v) is 7.14. The molecule has 2 heterocycles. The Kier molecular flexibility index (Phi) is 3.42. The number of halogens is 1. The van der Waals surface area contributed by atoms with E-state index in [4.69, 9.17) is 11.6 Å². The van der Waals surface area contributed by atoms with Crippen molar-refractivity contribution in [1.29, 1.82) is 0 Å². The number of anilines is 1. The average Bonchev–Trinajstić information content (AvgIpc) is 2.94. The summed E-state index contributed by atoms with van der Waals surface area (Å²) in [5.41, 5.74) is 2.06. The van der Waals surface area contributed by atoms with E-state index in [9.17, 15) is 4.79 Å². The van der Waals surface area contributed by atoms with Crippen LogP contribution in [0, 0.1) is 6.92 Å². The fourth-order valence-corrected chi connectivity index (χ4v) is 2.95. The molecular formula is C13H11ClN4OS. The van der Waals surface area contributed by atoms with E-state index in [1.807, 2.05) is 19.1 Å². The molecule has 0 atom stereocenters. The van der Waals surface area contributed by atoms with Gasteiger partial charge in [-0.1, -0.05) is 29.0 Å². The number of fused-ring (bicyclic) bond motifs is 1. The van der Waals surface area contributed by atoms with Crippen LogP contribution in [0.1, 0.15) is 5.56 Å². The summed E-state index contributed by atoms with van der Waals surface area (Å²) in [5.74, 6) is -0.180. The second kappa shape index (κ2) is 5.22. The maximum Gasteiger partial charge on any atom is 0.247 e. The summed E-state index contributed by atoms with van der Waals surface area (Å²) in [5, 5.41) is 7.83. The van der Waals surface area contributed by atoms with Crippen LogP contribution in [0.15, 0.2) is 30.6 Å². The first-order chi connectivity index (χ1) is 9.60. The van der Waals surface area contributed by atoms with Gasteiger partial charge in [-0.05, 0) is 24.6 Å². The second-order valence-electron chi connectivity index (χ2n) is 4.39. The first kappa shape index (κ1) is 13.1. The molecule has 0 saturated heterocycles. The molecule has 0 bridgehead atoms. The Hall–Kier alpha value is -1.92. The maximum atomic E-state index is 11.9. The van der Waals surface area contributed by atoms with Crippen LogP contribution in [0.2, 0.25) is 5.02 Å². The zero-order valence-corrected chi connectivity index (χ0v) is 12.2. The second-order valence-corrected chi connectivity index (χ2v) is 5.86. The van der Waals surface area contributed by atoms with Crippen molar-refractivity contribution in [2.75, 3.05) is 5.32 Å². The van der Waals surface area contributed by atoms with Gasteiger partial charge in [0.2, 0.25) is 5.91 Å². The van der Waals surface area contributed by atoms with Crippen LogP contribution < -0.4 is 5.32 Å². The van der Waals surface area contributed by atoms with E-state index in [0.29, 0.717) is 10.2 Å². The first-order valence-electron chi connectivity index (χ1n) is 5.95. The number of hydrogen-bond acceptors (Lipinski definition) is 4. The number of aryl methyl sites for hydroxylation is 1. The van der Waals surface area contributed by atoms with E-state index in [2.05, 4.69) is 21.5 Å². The Balaban J connectivity index is 1.73. The number of amides is 1. The normalized spacial score (nSPS) is 10.9. The fourth-order valence-electron chi connectivity index (χ4n) is 1.82. The van der Waals surface area contributed by atoms with Gasteiger partial charge in [-0.15, -0.1) is 0 Å². The zero-order valence-electron chi connectivity index (χ0n) is 10.6. The van der Waals surface area contributed by atoms with E-state index >= 15 is 0 Å². The van der Waals surface area contributed by atoms with Crippen molar-refractivity contribution in [2.45, 2.75) is 13.5 Å². The molecule has 20 heavy (non-hydrogen) atoms. The van der Waals surface area contributed by atoms with E-state index < -0.39 is 0 Å². The summed E-state index contributed by atoms with van der Waals surface area (Å²) in [6.45, 7) is 2.14. The lowest BCUT2D eigenvalue weighted by Crippen LogP contribution is -2.18. The number of aromatic nitrogens is 3. The van der Waals surface area contributed by atoms with Gasteiger partial charge in [0.25, 0.3) is 0 Å². The Bertz CT molecular complexity index is 780. The molecule has 0 spiro atoms. The summed E-state index contributed by atoms with van der Waals surface area (Å²) >= 11 is 7.20. The minimum atomic E-state index is -0.180. The van der Waals surface area contributed by atoms with Crippen LogP contribution in [-0.2, 0) is 11.3 Å². The summed E-state index contributed by atoms with van der Waals surface area (Å²) < 4.78 is 2.54. The Morgan fingerprint density at radius 2 is 2.35 bits per heavy atom. The lowest BCUT2D eigenvalue weighted by atomic mass is 10.2. The molecule has 2 aromatic heterocycles. The van der Waals surface area contributed by atoms with Gasteiger partial charge >= 0.3 is 0 Å². The monoisotopic (exact) mass is 306 g/mol. The summed E-state index contributed by atoms with van der Waals surface area (Å²) in [6, 6.07) is 6.00. The third kappa shape index (κ3) is 2.81. The fraction of sp³-hybridized carbons (Fsp3) is 0.154. The van der Waals surface area contributed by atoms with Gasteiger partial charge in [-0.3, -0.25) is 9.48 Å². The van der Waals surface area contributed by atoms with E-state index in [0.717, 1.165) is 10.2 Å². The van der Waals surface area contributed by atoms with Crippen LogP contribution in [0.4, 0.5) is 5.13 Å². The topological polar surface area (TPSA) is 59.8 Å². The smallest absolute Gasteiger partial charge is 0.247 e. The van der Waals surface area contributed by atoms with Crippen LogP contribution in [0.3, 0.4) is 0 Å². The molecule has 0 aliphatic carbocycles. The van der Waals surface area contributed by atoms with Crippen LogP contribution in [0.25, 0.3) is 10.2 Å². The van der Waals surface area contributed by atoms with Crippen LogP contribution in [0.5, 0.6) is 0 Å². The SMILES string of the molecule is Cc1ccc2nc(NC(=O)Cn3cc(Cl)cn3)sc2c1. The number of hydrogen-bond donors (Lipinski definition) is 1. The number of thiazole rings is 1. The lowest BCUT2D eigenvalue weighted by Gasteiger charge is -2.01. The van der Waals surface area contributed by atoms with Crippen molar-refractivity contribution in [1.82, 2.24) is 14.8 Å². The summed E-state index contributed by atoms with van der Waals surface area (Å²) in [6.07, 6.45) is 3.10. The van der Waals surface area contributed by atoms with E-state index in [-0.39, 0.29) is 12.5 Å². The number of carbonyl (C=O) groups excluding carboxylic acids is 1. The van der Waals surface area contributed by atoms with Crippen molar-refractivity contribution in [3.05, 3.63) is 41.2 Å². The van der Waals surface area contributed by atoms with Gasteiger partial charge in [-0.25, -0.2) is 4.98 Å². The molecule has 7 heteroatoms.